The molecule has 0 aromatic carbocycles. The van der Waals surface area contributed by atoms with Gasteiger partial charge in [-0.25, -0.2) is 9.97 Å². The Hall–Kier alpha value is -1.20. The minimum atomic E-state index is -0.0197. The van der Waals surface area contributed by atoms with Crippen LogP contribution in [0.3, 0.4) is 0 Å². The van der Waals surface area contributed by atoms with Crippen molar-refractivity contribution in [2.24, 2.45) is 0 Å². The summed E-state index contributed by atoms with van der Waals surface area (Å²) < 4.78 is 5.77. The Morgan fingerprint density at radius 2 is 2.05 bits per heavy atom. The molecule has 1 N–H and O–H groups in total. The molecule has 0 aliphatic rings. The first-order chi connectivity index (χ1) is 10.2. The first-order valence-electron chi connectivity index (χ1n) is 7.89. The van der Waals surface area contributed by atoms with Gasteiger partial charge in [0.1, 0.15) is 16.8 Å². The molecule has 5 heteroatoms. The number of nitrogens with zero attached hydrogens (tertiary/aromatic N) is 2. The maximum Gasteiger partial charge on any atom is 0.161 e. The number of aromatic nitrogens is 2. The lowest BCUT2D eigenvalue weighted by Crippen LogP contribution is -2.11. The van der Waals surface area contributed by atoms with Crippen LogP contribution >= 0.6 is 11.3 Å². The molecular formula is C16H25N3OS. The third kappa shape index (κ3) is 3.71. The van der Waals surface area contributed by atoms with E-state index in [-0.39, 0.29) is 6.10 Å². The minimum absolute atomic E-state index is 0.0197. The minimum Gasteiger partial charge on any atom is -0.371 e. The van der Waals surface area contributed by atoms with E-state index in [4.69, 9.17) is 14.7 Å². The van der Waals surface area contributed by atoms with E-state index in [0.717, 1.165) is 47.7 Å². The first kappa shape index (κ1) is 16.2. The number of thiophene rings is 1. The molecule has 0 aliphatic heterocycles. The molecule has 2 aromatic heterocycles. The third-order valence-electron chi connectivity index (χ3n) is 3.38. The van der Waals surface area contributed by atoms with E-state index in [1.807, 2.05) is 6.92 Å². The molecule has 2 heterocycles. The number of hydrogen-bond acceptors (Lipinski definition) is 5. The summed E-state index contributed by atoms with van der Waals surface area (Å²) in [5, 5.41) is 4.58. The van der Waals surface area contributed by atoms with Crippen LogP contribution < -0.4 is 5.32 Å². The van der Waals surface area contributed by atoms with Crippen molar-refractivity contribution in [1.29, 1.82) is 0 Å². The van der Waals surface area contributed by atoms with Crippen LogP contribution in [0.2, 0.25) is 0 Å². The third-order valence-corrected chi connectivity index (χ3v) is 4.55. The zero-order valence-electron chi connectivity index (χ0n) is 13.4. The second kappa shape index (κ2) is 7.71. The van der Waals surface area contributed by atoms with E-state index in [0.29, 0.717) is 6.61 Å². The van der Waals surface area contributed by atoms with Gasteiger partial charge in [-0.2, -0.15) is 0 Å². The summed E-state index contributed by atoms with van der Waals surface area (Å²) >= 11 is 1.76. The van der Waals surface area contributed by atoms with Crippen LogP contribution in [0, 0.1) is 0 Å². The lowest BCUT2D eigenvalue weighted by Gasteiger charge is -2.15. The molecule has 2 rings (SSSR count). The lowest BCUT2D eigenvalue weighted by atomic mass is 10.2. The summed E-state index contributed by atoms with van der Waals surface area (Å²) in [6, 6.07) is 2.21. The molecule has 0 saturated heterocycles. The summed E-state index contributed by atoms with van der Waals surface area (Å²) in [7, 11) is 0. The van der Waals surface area contributed by atoms with Crippen LogP contribution in [0.1, 0.15) is 57.3 Å². The molecule has 116 valence electrons. The molecule has 0 fully saturated rings. The van der Waals surface area contributed by atoms with Crippen molar-refractivity contribution in [3.8, 4) is 0 Å². The van der Waals surface area contributed by atoms with Crippen LogP contribution in [0.4, 0.5) is 5.82 Å². The van der Waals surface area contributed by atoms with Crippen molar-refractivity contribution < 1.29 is 4.74 Å². The van der Waals surface area contributed by atoms with Crippen molar-refractivity contribution >= 4 is 27.4 Å². The van der Waals surface area contributed by atoms with Gasteiger partial charge in [0.15, 0.2) is 5.82 Å². The van der Waals surface area contributed by atoms with Gasteiger partial charge in [0.25, 0.3) is 0 Å². The molecule has 0 bridgehead atoms. The van der Waals surface area contributed by atoms with Gasteiger partial charge in [0.05, 0.1) is 5.39 Å². The quantitative estimate of drug-likeness (QED) is 0.776. The smallest absolute Gasteiger partial charge is 0.161 e. The molecule has 1 atom stereocenters. The van der Waals surface area contributed by atoms with Gasteiger partial charge in [-0.3, -0.25) is 0 Å². The van der Waals surface area contributed by atoms with E-state index >= 15 is 0 Å². The number of rotatable bonds is 8. The molecule has 4 nitrogen and oxygen atoms in total. The Labute approximate surface area is 131 Å². The molecule has 21 heavy (non-hydrogen) atoms. The van der Waals surface area contributed by atoms with E-state index in [9.17, 15) is 0 Å². The van der Waals surface area contributed by atoms with E-state index in [1.54, 1.807) is 11.3 Å². The van der Waals surface area contributed by atoms with E-state index in [1.165, 1.54) is 4.88 Å². The van der Waals surface area contributed by atoms with Crippen molar-refractivity contribution in [3.05, 3.63) is 16.8 Å². The largest absolute Gasteiger partial charge is 0.371 e. The highest BCUT2D eigenvalue weighted by Gasteiger charge is 2.17. The zero-order valence-corrected chi connectivity index (χ0v) is 14.2. The van der Waals surface area contributed by atoms with Crippen molar-refractivity contribution in [2.75, 3.05) is 18.5 Å². The molecule has 2 aromatic rings. The summed E-state index contributed by atoms with van der Waals surface area (Å²) in [5.74, 6) is 1.75. The topological polar surface area (TPSA) is 47.0 Å². The normalized spacial score (nSPS) is 12.8. The lowest BCUT2D eigenvalue weighted by molar-refractivity contribution is 0.0538. The number of nitrogens with one attached hydrogen (secondary N) is 1. The van der Waals surface area contributed by atoms with Gasteiger partial charge in [-0.15, -0.1) is 11.3 Å². The van der Waals surface area contributed by atoms with Crippen LogP contribution in [-0.2, 0) is 11.2 Å². The number of aryl methyl sites for hydroxylation is 1. The van der Waals surface area contributed by atoms with Crippen LogP contribution in [0.25, 0.3) is 10.2 Å². The van der Waals surface area contributed by atoms with Gasteiger partial charge in [0.2, 0.25) is 0 Å². The average Bonchev–Trinajstić information content (AvgIpc) is 2.93. The predicted octanol–water partition coefficient (Wildman–Crippen LogP) is 4.56. The fourth-order valence-corrected chi connectivity index (χ4v) is 3.23. The second-order valence-electron chi connectivity index (χ2n) is 4.99. The Morgan fingerprint density at radius 3 is 2.67 bits per heavy atom. The Kier molecular flexibility index (Phi) is 5.94. The van der Waals surface area contributed by atoms with Gasteiger partial charge in [-0.1, -0.05) is 20.8 Å². The predicted molar refractivity (Wildman–Crippen MR) is 90.2 cm³/mol. The number of anilines is 1. The summed E-state index contributed by atoms with van der Waals surface area (Å²) in [6.07, 6.45) is 2.98. The Balaban J connectivity index is 2.46. The zero-order chi connectivity index (χ0) is 15.2. The molecular weight excluding hydrogens is 282 g/mol. The molecule has 0 amide bonds. The fraction of sp³-hybridized carbons (Fsp3) is 0.625. The molecule has 0 saturated carbocycles. The standard InChI is InChI=1S/C16H25N3OS/c1-5-9-17-14-12-10-11(6-2)21-16(12)19-15(18-14)13(7-3)20-8-4/h10,13H,5-9H2,1-4H3,(H,17,18,19). The Bertz CT molecular complexity index is 582. The summed E-state index contributed by atoms with van der Waals surface area (Å²) in [6.45, 7) is 10.1. The first-order valence-corrected chi connectivity index (χ1v) is 8.70. The maximum atomic E-state index is 5.77. The van der Waals surface area contributed by atoms with Gasteiger partial charge >= 0.3 is 0 Å². The van der Waals surface area contributed by atoms with Gasteiger partial charge in [0, 0.05) is 18.0 Å². The molecule has 1 unspecified atom stereocenters. The average molecular weight is 307 g/mol. The molecule has 0 radical (unpaired) electrons. The summed E-state index contributed by atoms with van der Waals surface area (Å²) in [5.41, 5.74) is 0. The fourth-order valence-electron chi connectivity index (χ4n) is 2.26. The van der Waals surface area contributed by atoms with Crippen LogP contribution in [-0.4, -0.2) is 23.1 Å². The van der Waals surface area contributed by atoms with Gasteiger partial charge < -0.3 is 10.1 Å². The number of ether oxygens (including phenoxy) is 1. The SMILES string of the molecule is CCCNc1nc(C(CC)OCC)nc2sc(CC)cc12. The highest BCUT2D eigenvalue weighted by Crippen LogP contribution is 2.31. The van der Waals surface area contributed by atoms with Gasteiger partial charge in [-0.05, 0) is 32.3 Å². The maximum absolute atomic E-state index is 5.77. The van der Waals surface area contributed by atoms with Crippen molar-refractivity contribution in [1.82, 2.24) is 9.97 Å². The second-order valence-corrected chi connectivity index (χ2v) is 6.11. The number of hydrogen-bond donors (Lipinski definition) is 1. The van der Waals surface area contributed by atoms with E-state index in [2.05, 4.69) is 32.2 Å². The molecule has 0 spiro atoms. The number of fused-ring (bicyclic) bond motifs is 1. The highest BCUT2D eigenvalue weighted by atomic mass is 32.1. The van der Waals surface area contributed by atoms with Crippen molar-refractivity contribution in [3.63, 3.8) is 0 Å². The monoisotopic (exact) mass is 307 g/mol. The van der Waals surface area contributed by atoms with Crippen molar-refractivity contribution in [2.45, 2.75) is 53.1 Å². The highest BCUT2D eigenvalue weighted by molar-refractivity contribution is 7.18. The summed E-state index contributed by atoms with van der Waals surface area (Å²) in [4.78, 5) is 11.9. The van der Waals surface area contributed by atoms with E-state index < -0.39 is 0 Å². The Morgan fingerprint density at radius 1 is 1.24 bits per heavy atom. The van der Waals surface area contributed by atoms with Crippen LogP contribution in [0.15, 0.2) is 6.07 Å². The van der Waals surface area contributed by atoms with Crippen LogP contribution in [0.5, 0.6) is 0 Å². The molecule has 0 aliphatic carbocycles.